The molecule has 0 aliphatic carbocycles. The van der Waals surface area contributed by atoms with Crippen molar-refractivity contribution in [3.8, 4) is 0 Å². The predicted octanol–water partition coefficient (Wildman–Crippen LogP) is 1.52. The summed E-state index contributed by atoms with van der Waals surface area (Å²) in [5.41, 5.74) is -0.568. The Morgan fingerprint density at radius 3 is 2.11 bits per heavy atom. The summed E-state index contributed by atoms with van der Waals surface area (Å²) in [5, 5.41) is 8.86. The minimum Gasteiger partial charge on any atom is -0.481 e. The lowest BCUT2D eigenvalue weighted by Gasteiger charge is -2.30. The summed E-state index contributed by atoms with van der Waals surface area (Å²) in [6, 6.07) is 0. The SMILES string of the molecule is CCC(C)(C)C(=O)O[C@H](CC(=O)O)C[N+](C)(C)C. The number of carboxylic acid groups (broad SMARTS) is 1. The summed E-state index contributed by atoms with van der Waals surface area (Å²) in [4.78, 5) is 22.7. The van der Waals surface area contributed by atoms with Gasteiger partial charge in [-0.15, -0.1) is 0 Å². The maximum Gasteiger partial charge on any atom is 0.311 e. The van der Waals surface area contributed by atoms with Gasteiger partial charge in [0, 0.05) is 0 Å². The maximum absolute atomic E-state index is 12.0. The fourth-order valence-corrected chi connectivity index (χ4v) is 1.40. The van der Waals surface area contributed by atoms with Gasteiger partial charge in [0.2, 0.25) is 0 Å². The fraction of sp³-hybridized carbons (Fsp3) is 0.846. The van der Waals surface area contributed by atoms with Crippen LogP contribution in [0.2, 0.25) is 0 Å². The number of nitrogens with zero attached hydrogens (tertiary/aromatic N) is 1. The number of aliphatic carboxylic acids is 1. The number of carbonyl (C=O) groups is 2. The molecule has 0 saturated heterocycles. The first-order valence-corrected chi connectivity index (χ1v) is 6.21. The minimum absolute atomic E-state index is 0.152. The lowest BCUT2D eigenvalue weighted by atomic mass is 9.90. The molecule has 0 aromatic rings. The van der Waals surface area contributed by atoms with Gasteiger partial charge in [0.05, 0.1) is 33.0 Å². The third-order valence-corrected chi connectivity index (χ3v) is 2.86. The molecule has 0 aromatic heterocycles. The molecule has 0 aliphatic heterocycles. The van der Waals surface area contributed by atoms with E-state index < -0.39 is 17.5 Å². The van der Waals surface area contributed by atoms with Crippen LogP contribution in [0.4, 0.5) is 0 Å². The van der Waals surface area contributed by atoms with E-state index in [0.717, 1.165) is 0 Å². The van der Waals surface area contributed by atoms with Crippen LogP contribution in [-0.2, 0) is 14.3 Å². The first-order chi connectivity index (χ1) is 7.98. The molecule has 106 valence electrons. The van der Waals surface area contributed by atoms with E-state index in [0.29, 0.717) is 17.4 Å². The van der Waals surface area contributed by atoms with Crippen LogP contribution < -0.4 is 0 Å². The zero-order valence-corrected chi connectivity index (χ0v) is 12.3. The average Bonchev–Trinajstić information content (AvgIpc) is 2.13. The van der Waals surface area contributed by atoms with Crippen molar-refractivity contribution in [2.24, 2.45) is 5.41 Å². The summed E-state index contributed by atoms with van der Waals surface area (Å²) >= 11 is 0. The molecular weight excluding hydrogens is 234 g/mol. The molecule has 0 amide bonds. The van der Waals surface area contributed by atoms with E-state index >= 15 is 0 Å². The van der Waals surface area contributed by atoms with E-state index in [-0.39, 0.29) is 12.4 Å². The number of esters is 1. The molecule has 0 radical (unpaired) electrons. The topological polar surface area (TPSA) is 63.6 Å². The highest BCUT2D eigenvalue weighted by Gasteiger charge is 2.32. The van der Waals surface area contributed by atoms with Crippen molar-refractivity contribution in [3.63, 3.8) is 0 Å². The first-order valence-electron chi connectivity index (χ1n) is 6.21. The molecule has 0 saturated carbocycles. The third-order valence-electron chi connectivity index (χ3n) is 2.86. The van der Waals surface area contributed by atoms with Crippen LogP contribution in [0.1, 0.15) is 33.6 Å². The van der Waals surface area contributed by atoms with Crippen LogP contribution in [0.15, 0.2) is 0 Å². The van der Waals surface area contributed by atoms with Gasteiger partial charge in [0.25, 0.3) is 0 Å². The second-order valence-electron chi connectivity index (χ2n) is 6.34. The summed E-state index contributed by atoms with van der Waals surface area (Å²) in [6.45, 7) is 6.00. The van der Waals surface area contributed by atoms with Gasteiger partial charge in [-0.3, -0.25) is 9.59 Å². The summed E-state index contributed by atoms with van der Waals surface area (Å²) < 4.78 is 5.91. The summed E-state index contributed by atoms with van der Waals surface area (Å²) in [7, 11) is 5.81. The zero-order valence-electron chi connectivity index (χ0n) is 12.3. The number of hydrogen-bond donors (Lipinski definition) is 1. The molecule has 5 nitrogen and oxygen atoms in total. The number of carboxylic acids is 1. The van der Waals surface area contributed by atoms with Crippen molar-refractivity contribution in [1.29, 1.82) is 0 Å². The van der Waals surface area contributed by atoms with Crippen molar-refractivity contribution in [2.75, 3.05) is 27.7 Å². The van der Waals surface area contributed by atoms with Gasteiger partial charge in [-0.25, -0.2) is 0 Å². The van der Waals surface area contributed by atoms with Crippen LogP contribution in [0.25, 0.3) is 0 Å². The Balaban J connectivity index is 4.69. The van der Waals surface area contributed by atoms with Crippen LogP contribution in [0.3, 0.4) is 0 Å². The Labute approximate surface area is 109 Å². The highest BCUT2D eigenvalue weighted by molar-refractivity contribution is 5.76. The van der Waals surface area contributed by atoms with E-state index in [1.807, 2.05) is 28.1 Å². The molecule has 0 unspecified atom stereocenters. The van der Waals surface area contributed by atoms with E-state index in [4.69, 9.17) is 9.84 Å². The zero-order chi connectivity index (χ0) is 14.6. The van der Waals surface area contributed by atoms with Crippen LogP contribution in [0.5, 0.6) is 0 Å². The second-order valence-corrected chi connectivity index (χ2v) is 6.34. The maximum atomic E-state index is 12.0. The van der Waals surface area contributed by atoms with Gasteiger partial charge in [-0.1, -0.05) is 6.92 Å². The molecule has 0 heterocycles. The molecule has 0 bridgehead atoms. The lowest BCUT2D eigenvalue weighted by molar-refractivity contribution is -0.873. The number of carbonyl (C=O) groups excluding carboxylic acids is 1. The molecular formula is C13H26NO4+. The second kappa shape index (κ2) is 6.18. The molecule has 0 rings (SSSR count). The van der Waals surface area contributed by atoms with Crippen LogP contribution >= 0.6 is 0 Å². The average molecular weight is 260 g/mol. The monoisotopic (exact) mass is 260 g/mol. The summed E-state index contributed by atoms with van der Waals surface area (Å²) in [6.07, 6.45) is -0.0716. The van der Waals surface area contributed by atoms with Gasteiger partial charge < -0.3 is 14.3 Å². The van der Waals surface area contributed by atoms with Gasteiger partial charge in [0.15, 0.2) is 6.10 Å². The quantitative estimate of drug-likeness (QED) is 0.557. The van der Waals surface area contributed by atoms with E-state index in [1.54, 1.807) is 13.8 Å². The van der Waals surface area contributed by atoms with Crippen molar-refractivity contribution in [3.05, 3.63) is 0 Å². The van der Waals surface area contributed by atoms with Gasteiger partial charge in [-0.2, -0.15) is 0 Å². The van der Waals surface area contributed by atoms with Gasteiger partial charge in [-0.05, 0) is 20.3 Å². The Bertz CT molecular complexity index is 305. The predicted molar refractivity (Wildman–Crippen MR) is 69.1 cm³/mol. The Kier molecular flexibility index (Phi) is 5.80. The van der Waals surface area contributed by atoms with Gasteiger partial charge >= 0.3 is 11.9 Å². The number of hydrogen-bond acceptors (Lipinski definition) is 3. The van der Waals surface area contributed by atoms with Crippen molar-refractivity contribution >= 4 is 11.9 Å². The number of rotatable bonds is 7. The Morgan fingerprint density at radius 2 is 1.78 bits per heavy atom. The summed E-state index contributed by atoms with van der Waals surface area (Å²) in [5.74, 6) is -1.28. The van der Waals surface area contributed by atoms with Crippen LogP contribution in [-0.4, -0.2) is 55.3 Å². The first kappa shape index (κ1) is 16.9. The Hall–Kier alpha value is -1.10. The van der Waals surface area contributed by atoms with Crippen molar-refractivity contribution < 1.29 is 23.9 Å². The number of quaternary nitrogens is 1. The van der Waals surface area contributed by atoms with Crippen LogP contribution in [0, 0.1) is 5.41 Å². The molecule has 5 heteroatoms. The Morgan fingerprint density at radius 1 is 1.28 bits per heavy atom. The largest absolute Gasteiger partial charge is 0.481 e. The standard InChI is InChI=1S/C13H25NO4/c1-7-13(2,3)12(17)18-10(8-11(15)16)9-14(4,5)6/h10H,7-9H2,1-6H3/p+1/t10-/m1/s1. The number of ether oxygens (including phenoxy) is 1. The number of likely N-dealkylation sites (N-methyl/N-ethyl adjacent to an activating group) is 1. The minimum atomic E-state index is -0.949. The highest BCUT2D eigenvalue weighted by atomic mass is 16.5. The molecule has 0 fully saturated rings. The van der Waals surface area contributed by atoms with E-state index in [9.17, 15) is 9.59 Å². The fourth-order valence-electron chi connectivity index (χ4n) is 1.40. The molecule has 0 aliphatic rings. The molecule has 0 aromatic carbocycles. The smallest absolute Gasteiger partial charge is 0.311 e. The van der Waals surface area contributed by atoms with E-state index in [2.05, 4.69) is 0 Å². The van der Waals surface area contributed by atoms with Crippen molar-refractivity contribution in [1.82, 2.24) is 0 Å². The third kappa shape index (κ3) is 6.59. The molecule has 1 atom stereocenters. The molecule has 1 N–H and O–H groups in total. The molecule has 18 heavy (non-hydrogen) atoms. The van der Waals surface area contributed by atoms with Crippen molar-refractivity contribution in [2.45, 2.75) is 39.7 Å². The molecule has 0 spiro atoms. The van der Waals surface area contributed by atoms with Gasteiger partial charge in [0.1, 0.15) is 6.54 Å². The normalized spacial score (nSPS) is 14.1. The lowest BCUT2D eigenvalue weighted by Crippen LogP contribution is -2.45. The van der Waals surface area contributed by atoms with E-state index in [1.165, 1.54) is 0 Å². The highest BCUT2D eigenvalue weighted by Crippen LogP contribution is 2.23.